The lowest BCUT2D eigenvalue weighted by Gasteiger charge is -2.34. The van der Waals surface area contributed by atoms with Gasteiger partial charge in [-0.25, -0.2) is 0 Å². The number of rotatable bonds is 5. The van der Waals surface area contributed by atoms with E-state index in [4.69, 9.17) is 4.42 Å². The van der Waals surface area contributed by atoms with E-state index in [1.54, 1.807) is 6.26 Å². The number of aliphatic hydroxyl groups is 1. The number of hydrogen-bond donors (Lipinski definition) is 2. The average Bonchev–Trinajstić information content (AvgIpc) is 2.82. The smallest absolute Gasteiger partial charge is 0.133 e. The third-order valence-corrected chi connectivity index (χ3v) is 3.70. The number of benzene rings is 1. The molecule has 18 heavy (non-hydrogen) atoms. The van der Waals surface area contributed by atoms with Crippen LogP contribution in [0.15, 0.2) is 34.9 Å². The van der Waals surface area contributed by atoms with Gasteiger partial charge in [-0.3, -0.25) is 0 Å². The fraction of sp³-hybridized carbons (Fsp3) is 0.467. The zero-order valence-corrected chi connectivity index (χ0v) is 11.2. The van der Waals surface area contributed by atoms with Gasteiger partial charge in [-0.15, -0.1) is 0 Å². The van der Waals surface area contributed by atoms with Gasteiger partial charge < -0.3 is 14.8 Å². The van der Waals surface area contributed by atoms with Crippen molar-refractivity contribution in [1.82, 2.24) is 5.32 Å². The van der Waals surface area contributed by atoms with Crippen LogP contribution in [0.4, 0.5) is 0 Å². The highest BCUT2D eigenvalue weighted by Gasteiger charge is 2.30. The van der Waals surface area contributed by atoms with Gasteiger partial charge in [0.25, 0.3) is 0 Å². The molecule has 0 bridgehead atoms. The number of furan rings is 1. The SMILES string of the molecule is CCNC(CO)C(C)(C)c1ccc2occc2c1. The van der Waals surface area contributed by atoms with Crippen LogP contribution in [0, 0.1) is 0 Å². The molecule has 1 aromatic heterocycles. The van der Waals surface area contributed by atoms with E-state index in [0.717, 1.165) is 17.5 Å². The van der Waals surface area contributed by atoms with E-state index in [1.807, 2.05) is 12.1 Å². The van der Waals surface area contributed by atoms with Crippen molar-refractivity contribution < 1.29 is 9.52 Å². The summed E-state index contributed by atoms with van der Waals surface area (Å²) in [5.74, 6) is 0. The number of aliphatic hydroxyl groups excluding tert-OH is 1. The minimum Gasteiger partial charge on any atom is -0.464 e. The largest absolute Gasteiger partial charge is 0.464 e. The highest BCUT2D eigenvalue weighted by molar-refractivity contribution is 5.78. The van der Waals surface area contributed by atoms with Crippen LogP contribution in [0.2, 0.25) is 0 Å². The molecule has 98 valence electrons. The van der Waals surface area contributed by atoms with Crippen LogP contribution in [0.1, 0.15) is 26.3 Å². The van der Waals surface area contributed by atoms with E-state index in [2.05, 4.69) is 38.2 Å². The maximum Gasteiger partial charge on any atom is 0.133 e. The van der Waals surface area contributed by atoms with Crippen LogP contribution in [-0.4, -0.2) is 24.3 Å². The number of likely N-dealkylation sites (N-methyl/N-ethyl adjacent to an activating group) is 1. The molecule has 1 heterocycles. The zero-order valence-electron chi connectivity index (χ0n) is 11.2. The Morgan fingerprint density at radius 1 is 1.33 bits per heavy atom. The summed E-state index contributed by atoms with van der Waals surface area (Å²) in [5.41, 5.74) is 1.98. The Bertz CT molecular complexity index is 516. The predicted molar refractivity (Wildman–Crippen MR) is 73.8 cm³/mol. The summed E-state index contributed by atoms with van der Waals surface area (Å²) in [4.78, 5) is 0. The molecule has 0 aliphatic heterocycles. The van der Waals surface area contributed by atoms with Gasteiger partial charge in [0.2, 0.25) is 0 Å². The lowest BCUT2D eigenvalue weighted by Crippen LogP contribution is -2.47. The third-order valence-electron chi connectivity index (χ3n) is 3.70. The predicted octanol–water partition coefficient (Wildman–Crippen LogP) is 2.68. The van der Waals surface area contributed by atoms with E-state index in [9.17, 15) is 5.11 Å². The first-order valence-electron chi connectivity index (χ1n) is 6.41. The van der Waals surface area contributed by atoms with Gasteiger partial charge in [0.1, 0.15) is 5.58 Å². The Labute approximate surface area is 108 Å². The molecule has 2 rings (SSSR count). The standard InChI is InChI=1S/C15H21NO2/c1-4-16-14(10-17)15(2,3)12-5-6-13-11(9-12)7-8-18-13/h5-9,14,16-17H,4,10H2,1-3H3. The molecule has 0 aliphatic carbocycles. The first kappa shape index (κ1) is 13.1. The molecular weight excluding hydrogens is 226 g/mol. The van der Waals surface area contributed by atoms with Crippen molar-refractivity contribution in [3.63, 3.8) is 0 Å². The van der Waals surface area contributed by atoms with Crippen molar-refractivity contribution in [3.8, 4) is 0 Å². The Morgan fingerprint density at radius 3 is 2.78 bits per heavy atom. The Morgan fingerprint density at radius 2 is 2.11 bits per heavy atom. The van der Waals surface area contributed by atoms with Crippen molar-refractivity contribution in [2.24, 2.45) is 0 Å². The van der Waals surface area contributed by atoms with Gasteiger partial charge in [0.05, 0.1) is 12.9 Å². The van der Waals surface area contributed by atoms with Crippen molar-refractivity contribution in [1.29, 1.82) is 0 Å². The number of hydrogen-bond acceptors (Lipinski definition) is 3. The number of fused-ring (bicyclic) bond motifs is 1. The molecule has 0 saturated heterocycles. The van der Waals surface area contributed by atoms with Crippen molar-refractivity contribution in [2.45, 2.75) is 32.2 Å². The maximum atomic E-state index is 9.55. The topological polar surface area (TPSA) is 45.4 Å². The van der Waals surface area contributed by atoms with Gasteiger partial charge in [-0.2, -0.15) is 0 Å². The van der Waals surface area contributed by atoms with Crippen LogP contribution in [0.5, 0.6) is 0 Å². The Kier molecular flexibility index (Phi) is 3.73. The first-order chi connectivity index (χ1) is 8.59. The van der Waals surface area contributed by atoms with Gasteiger partial charge >= 0.3 is 0 Å². The molecule has 0 amide bonds. The molecule has 0 radical (unpaired) electrons. The fourth-order valence-corrected chi connectivity index (χ4v) is 2.36. The Hall–Kier alpha value is -1.32. The second-order valence-electron chi connectivity index (χ2n) is 5.19. The van der Waals surface area contributed by atoms with E-state index >= 15 is 0 Å². The van der Waals surface area contributed by atoms with E-state index in [-0.39, 0.29) is 18.1 Å². The van der Waals surface area contributed by atoms with Gasteiger partial charge in [0.15, 0.2) is 0 Å². The van der Waals surface area contributed by atoms with Crippen molar-refractivity contribution >= 4 is 11.0 Å². The second-order valence-corrected chi connectivity index (χ2v) is 5.19. The van der Waals surface area contributed by atoms with Gasteiger partial charge in [0, 0.05) is 16.8 Å². The molecule has 0 aliphatic rings. The molecule has 3 nitrogen and oxygen atoms in total. The molecule has 1 aromatic carbocycles. The summed E-state index contributed by atoms with van der Waals surface area (Å²) >= 11 is 0. The van der Waals surface area contributed by atoms with E-state index in [1.165, 1.54) is 5.56 Å². The second kappa shape index (κ2) is 5.12. The van der Waals surface area contributed by atoms with Crippen LogP contribution < -0.4 is 5.32 Å². The molecule has 1 atom stereocenters. The zero-order chi connectivity index (χ0) is 13.2. The lowest BCUT2D eigenvalue weighted by molar-refractivity contribution is 0.193. The quantitative estimate of drug-likeness (QED) is 0.854. The molecule has 1 unspecified atom stereocenters. The molecule has 2 N–H and O–H groups in total. The summed E-state index contributed by atoms with van der Waals surface area (Å²) in [6.07, 6.45) is 1.70. The van der Waals surface area contributed by atoms with Crippen LogP contribution in [0.25, 0.3) is 11.0 Å². The summed E-state index contributed by atoms with van der Waals surface area (Å²) in [5, 5.41) is 14.0. The fourth-order valence-electron chi connectivity index (χ4n) is 2.36. The molecule has 0 spiro atoms. The highest BCUT2D eigenvalue weighted by Crippen LogP contribution is 2.30. The normalized spacial score (nSPS) is 14.0. The minimum absolute atomic E-state index is 0.0480. The van der Waals surface area contributed by atoms with Gasteiger partial charge in [-0.05, 0) is 30.3 Å². The lowest BCUT2D eigenvalue weighted by atomic mass is 9.77. The molecule has 2 aromatic rings. The highest BCUT2D eigenvalue weighted by atomic mass is 16.3. The molecular formula is C15H21NO2. The maximum absolute atomic E-state index is 9.55. The summed E-state index contributed by atoms with van der Waals surface area (Å²) in [7, 11) is 0. The molecule has 0 fully saturated rings. The van der Waals surface area contributed by atoms with E-state index in [0.29, 0.717) is 0 Å². The monoisotopic (exact) mass is 247 g/mol. The number of nitrogens with one attached hydrogen (secondary N) is 1. The first-order valence-corrected chi connectivity index (χ1v) is 6.41. The van der Waals surface area contributed by atoms with Crippen LogP contribution in [0.3, 0.4) is 0 Å². The van der Waals surface area contributed by atoms with Crippen molar-refractivity contribution in [2.75, 3.05) is 13.2 Å². The van der Waals surface area contributed by atoms with E-state index < -0.39 is 0 Å². The minimum atomic E-state index is -0.129. The van der Waals surface area contributed by atoms with Crippen LogP contribution in [-0.2, 0) is 5.41 Å². The average molecular weight is 247 g/mol. The molecule has 0 saturated carbocycles. The summed E-state index contributed by atoms with van der Waals surface area (Å²) in [6.45, 7) is 7.33. The summed E-state index contributed by atoms with van der Waals surface area (Å²) in [6, 6.07) is 8.22. The molecule has 3 heteroatoms. The Balaban J connectivity index is 2.37. The third kappa shape index (κ3) is 2.28. The van der Waals surface area contributed by atoms with Crippen molar-refractivity contribution in [3.05, 3.63) is 36.1 Å². The summed E-state index contributed by atoms with van der Waals surface area (Å²) < 4.78 is 5.35. The van der Waals surface area contributed by atoms with Crippen LogP contribution >= 0.6 is 0 Å². The van der Waals surface area contributed by atoms with Gasteiger partial charge in [-0.1, -0.05) is 26.8 Å².